The van der Waals surface area contributed by atoms with E-state index >= 15 is 0 Å². The summed E-state index contributed by atoms with van der Waals surface area (Å²) in [5.41, 5.74) is 2.42. The first-order valence-corrected chi connectivity index (χ1v) is 7.58. The Labute approximate surface area is 131 Å². The maximum atomic E-state index is 11.8. The molecule has 0 aromatic heterocycles. The van der Waals surface area contributed by atoms with Crippen LogP contribution in [0.1, 0.15) is 35.7 Å². The molecule has 0 aliphatic heterocycles. The Balaban J connectivity index is 1.69. The van der Waals surface area contributed by atoms with Gasteiger partial charge in [-0.2, -0.15) is 0 Å². The molecule has 0 unspecified atom stereocenters. The highest BCUT2D eigenvalue weighted by atomic mass is 16.5. The number of carbonyl (C=O) groups excluding carboxylic acids is 1. The first-order chi connectivity index (χ1) is 10.5. The van der Waals surface area contributed by atoms with Crippen LogP contribution in [0.25, 0.3) is 0 Å². The molecule has 2 aromatic rings. The molecule has 0 saturated heterocycles. The molecule has 3 heteroatoms. The fourth-order valence-corrected chi connectivity index (χ4v) is 2.46. The zero-order valence-electron chi connectivity index (χ0n) is 13.3. The van der Waals surface area contributed by atoms with Gasteiger partial charge in [-0.3, -0.25) is 4.79 Å². The maximum absolute atomic E-state index is 11.8. The summed E-state index contributed by atoms with van der Waals surface area (Å²) in [5.74, 6) is 1.55. The van der Waals surface area contributed by atoms with Crippen LogP contribution < -0.4 is 4.74 Å². The maximum Gasteiger partial charge on any atom is 0.253 e. The number of rotatable bonds is 4. The third-order valence-corrected chi connectivity index (χ3v) is 4.29. The Hall–Kier alpha value is -2.29. The van der Waals surface area contributed by atoms with Crippen molar-refractivity contribution in [2.45, 2.75) is 25.2 Å². The number of nitrogens with zero attached hydrogens (tertiary/aromatic N) is 1. The van der Waals surface area contributed by atoms with Gasteiger partial charge < -0.3 is 9.64 Å². The standard InChI is InChI=1S/C19H21NO2/c1-19(12-13-19)15-6-10-17(11-7-15)22-16-8-4-14(5-9-16)18(21)20(2)3/h4-11H,12-13H2,1-3H3. The minimum atomic E-state index is -0.00594. The van der Waals surface area contributed by atoms with E-state index in [2.05, 4.69) is 19.1 Å². The first kappa shape index (κ1) is 14.6. The number of hydrogen-bond acceptors (Lipinski definition) is 2. The number of benzene rings is 2. The summed E-state index contributed by atoms with van der Waals surface area (Å²) < 4.78 is 5.84. The van der Waals surface area contributed by atoms with Crippen molar-refractivity contribution >= 4 is 5.91 Å². The fourth-order valence-electron chi connectivity index (χ4n) is 2.46. The largest absolute Gasteiger partial charge is 0.457 e. The van der Waals surface area contributed by atoms with Crippen LogP contribution in [-0.4, -0.2) is 24.9 Å². The number of amides is 1. The van der Waals surface area contributed by atoms with Gasteiger partial charge in [-0.15, -0.1) is 0 Å². The van der Waals surface area contributed by atoms with Crippen molar-refractivity contribution in [2.24, 2.45) is 0 Å². The van der Waals surface area contributed by atoms with E-state index in [1.807, 2.05) is 24.3 Å². The second-order valence-electron chi connectivity index (χ2n) is 6.41. The summed E-state index contributed by atoms with van der Waals surface area (Å²) in [6, 6.07) is 15.5. The van der Waals surface area contributed by atoms with E-state index in [1.165, 1.54) is 18.4 Å². The van der Waals surface area contributed by atoms with E-state index in [1.54, 1.807) is 31.1 Å². The van der Waals surface area contributed by atoms with E-state index in [4.69, 9.17) is 4.74 Å². The van der Waals surface area contributed by atoms with Crippen LogP contribution in [0, 0.1) is 0 Å². The highest BCUT2D eigenvalue weighted by Gasteiger charge is 2.38. The van der Waals surface area contributed by atoms with E-state index in [0.29, 0.717) is 11.0 Å². The van der Waals surface area contributed by atoms with Crippen molar-refractivity contribution in [1.29, 1.82) is 0 Å². The molecule has 1 amide bonds. The third-order valence-electron chi connectivity index (χ3n) is 4.29. The molecule has 22 heavy (non-hydrogen) atoms. The Morgan fingerprint density at radius 1 is 0.955 bits per heavy atom. The van der Waals surface area contributed by atoms with Gasteiger partial charge in [0.2, 0.25) is 0 Å². The molecular weight excluding hydrogens is 274 g/mol. The van der Waals surface area contributed by atoms with E-state index in [0.717, 1.165) is 11.5 Å². The quantitative estimate of drug-likeness (QED) is 0.844. The molecule has 1 saturated carbocycles. The van der Waals surface area contributed by atoms with Crippen molar-refractivity contribution in [3.8, 4) is 11.5 Å². The van der Waals surface area contributed by atoms with Crippen molar-refractivity contribution in [3.63, 3.8) is 0 Å². The van der Waals surface area contributed by atoms with Gasteiger partial charge in [0.25, 0.3) is 5.91 Å². The van der Waals surface area contributed by atoms with Crippen molar-refractivity contribution in [2.75, 3.05) is 14.1 Å². The van der Waals surface area contributed by atoms with Gasteiger partial charge in [0.05, 0.1) is 0 Å². The molecule has 0 N–H and O–H groups in total. The van der Waals surface area contributed by atoms with Gasteiger partial charge in [0.1, 0.15) is 11.5 Å². The second kappa shape index (κ2) is 5.48. The van der Waals surface area contributed by atoms with Gasteiger partial charge in [-0.25, -0.2) is 0 Å². The predicted octanol–water partition coefficient (Wildman–Crippen LogP) is 4.23. The number of ether oxygens (including phenoxy) is 1. The summed E-state index contributed by atoms with van der Waals surface area (Å²) in [7, 11) is 3.49. The summed E-state index contributed by atoms with van der Waals surface area (Å²) >= 11 is 0. The zero-order valence-corrected chi connectivity index (χ0v) is 13.3. The van der Waals surface area contributed by atoms with Gasteiger partial charge in [-0.1, -0.05) is 19.1 Å². The highest BCUT2D eigenvalue weighted by molar-refractivity contribution is 5.93. The van der Waals surface area contributed by atoms with Crippen molar-refractivity contribution in [1.82, 2.24) is 4.90 Å². The first-order valence-electron chi connectivity index (χ1n) is 7.58. The van der Waals surface area contributed by atoms with Crippen LogP contribution in [0.4, 0.5) is 0 Å². The normalized spacial score (nSPS) is 15.2. The monoisotopic (exact) mass is 295 g/mol. The molecule has 0 spiro atoms. The molecule has 114 valence electrons. The Kier molecular flexibility index (Phi) is 3.65. The Bertz CT molecular complexity index is 668. The van der Waals surface area contributed by atoms with Gasteiger partial charge in [0, 0.05) is 19.7 Å². The highest BCUT2D eigenvalue weighted by Crippen LogP contribution is 2.47. The van der Waals surface area contributed by atoms with Crippen LogP contribution >= 0.6 is 0 Å². The third kappa shape index (κ3) is 2.98. The van der Waals surface area contributed by atoms with E-state index in [-0.39, 0.29) is 5.91 Å². The molecule has 1 fully saturated rings. The SMILES string of the molecule is CN(C)C(=O)c1ccc(Oc2ccc(C3(C)CC3)cc2)cc1. The molecule has 0 radical (unpaired) electrons. The minimum absolute atomic E-state index is 0.00594. The smallest absolute Gasteiger partial charge is 0.253 e. The molecule has 1 aliphatic rings. The zero-order chi connectivity index (χ0) is 15.7. The molecule has 0 atom stereocenters. The predicted molar refractivity (Wildman–Crippen MR) is 87.6 cm³/mol. The Morgan fingerprint density at radius 3 is 1.91 bits per heavy atom. The lowest BCUT2D eigenvalue weighted by Gasteiger charge is -2.12. The fraction of sp³-hybridized carbons (Fsp3) is 0.316. The van der Waals surface area contributed by atoms with Crippen LogP contribution in [-0.2, 0) is 5.41 Å². The number of hydrogen-bond donors (Lipinski definition) is 0. The average molecular weight is 295 g/mol. The lowest BCUT2D eigenvalue weighted by molar-refractivity contribution is 0.0827. The van der Waals surface area contributed by atoms with E-state index < -0.39 is 0 Å². The summed E-state index contributed by atoms with van der Waals surface area (Å²) in [6.45, 7) is 2.29. The second-order valence-corrected chi connectivity index (χ2v) is 6.41. The molecule has 2 aromatic carbocycles. The summed E-state index contributed by atoms with van der Waals surface area (Å²) in [4.78, 5) is 13.4. The van der Waals surface area contributed by atoms with E-state index in [9.17, 15) is 4.79 Å². The molecular formula is C19H21NO2. The van der Waals surface area contributed by atoms with Crippen molar-refractivity contribution in [3.05, 3.63) is 59.7 Å². The summed E-state index contributed by atoms with van der Waals surface area (Å²) in [5, 5.41) is 0. The molecule has 3 rings (SSSR count). The van der Waals surface area contributed by atoms with Gasteiger partial charge >= 0.3 is 0 Å². The van der Waals surface area contributed by atoms with Crippen molar-refractivity contribution < 1.29 is 9.53 Å². The Morgan fingerprint density at radius 2 is 1.45 bits per heavy atom. The van der Waals surface area contributed by atoms with Crippen LogP contribution in [0.3, 0.4) is 0 Å². The average Bonchev–Trinajstić information content (AvgIpc) is 3.27. The summed E-state index contributed by atoms with van der Waals surface area (Å²) in [6.07, 6.45) is 2.54. The van der Waals surface area contributed by atoms with Gasteiger partial charge in [-0.05, 0) is 60.2 Å². The topological polar surface area (TPSA) is 29.5 Å². The molecule has 1 aliphatic carbocycles. The molecule has 0 bridgehead atoms. The van der Waals surface area contributed by atoms with Crippen LogP contribution in [0.5, 0.6) is 11.5 Å². The lowest BCUT2D eigenvalue weighted by atomic mass is 9.99. The van der Waals surface area contributed by atoms with Crippen LogP contribution in [0.15, 0.2) is 48.5 Å². The molecule has 0 heterocycles. The molecule has 3 nitrogen and oxygen atoms in total. The van der Waals surface area contributed by atoms with Crippen LogP contribution in [0.2, 0.25) is 0 Å². The van der Waals surface area contributed by atoms with Gasteiger partial charge in [0.15, 0.2) is 0 Å². The number of carbonyl (C=O) groups is 1. The lowest BCUT2D eigenvalue weighted by Crippen LogP contribution is -2.21. The minimum Gasteiger partial charge on any atom is -0.457 e.